The van der Waals surface area contributed by atoms with Gasteiger partial charge in [-0.3, -0.25) is 14.4 Å². The Morgan fingerprint density at radius 3 is 2.63 bits per heavy atom. The van der Waals surface area contributed by atoms with Crippen LogP contribution in [-0.4, -0.2) is 55.3 Å². The van der Waals surface area contributed by atoms with Crippen molar-refractivity contribution in [3.05, 3.63) is 28.2 Å². The summed E-state index contributed by atoms with van der Waals surface area (Å²) < 4.78 is 0.817. The van der Waals surface area contributed by atoms with Crippen LogP contribution in [0.4, 0.5) is 5.69 Å². The van der Waals surface area contributed by atoms with Crippen LogP contribution in [0.1, 0.15) is 37.8 Å². The average Bonchev–Trinajstić information content (AvgIpc) is 2.93. The third kappa shape index (κ3) is 4.50. The summed E-state index contributed by atoms with van der Waals surface area (Å²) in [6.07, 6.45) is 3.62. The second-order valence-electron chi connectivity index (χ2n) is 6.85. The van der Waals surface area contributed by atoms with Crippen molar-refractivity contribution in [2.24, 2.45) is 0 Å². The van der Waals surface area contributed by atoms with E-state index in [1.807, 2.05) is 25.1 Å². The predicted octanol–water partition coefficient (Wildman–Crippen LogP) is 1.57. The molecule has 0 aliphatic carbocycles. The highest BCUT2D eigenvalue weighted by atomic mass is 79.9. The monoisotopic (exact) mass is 436 g/mol. The lowest BCUT2D eigenvalue weighted by molar-refractivity contribution is -0.140. The number of rotatable bonds is 5. The Hall–Kier alpha value is -1.93. The molecule has 0 spiro atoms. The number of hydrogen-bond donors (Lipinski definition) is 2. The summed E-state index contributed by atoms with van der Waals surface area (Å²) in [6, 6.07) is 4.66. The number of carbonyl (C=O) groups is 3. The molecule has 2 aliphatic heterocycles. The molecule has 1 aromatic carbocycles. The molecule has 8 heteroatoms. The highest BCUT2D eigenvalue weighted by molar-refractivity contribution is 9.10. The van der Waals surface area contributed by atoms with E-state index in [2.05, 4.69) is 31.5 Å². The maximum atomic E-state index is 12.6. The van der Waals surface area contributed by atoms with Gasteiger partial charge in [-0.25, -0.2) is 0 Å². The molecule has 2 heterocycles. The summed E-state index contributed by atoms with van der Waals surface area (Å²) in [5.74, 6) is -1.71. The van der Waals surface area contributed by atoms with Crippen LogP contribution in [0.5, 0.6) is 0 Å². The normalized spacial score (nSPS) is 19.7. The van der Waals surface area contributed by atoms with E-state index >= 15 is 0 Å². The van der Waals surface area contributed by atoms with Gasteiger partial charge in [-0.05, 0) is 51.1 Å². The second-order valence-corrected chi connectivity index (χ2v) is 7.77. The number of piperidine rings is 1. The molecule has 1 fully saturated rings. The fraction of sp³-hybridized carbons (Fsp3) is 0.526. The Balaban J connectivity index is 1.57. The third-order valence-corrected chi connectivity index (χ3v) is 5.56. The highest BCUT2D eigenvalue weighted by Crippen LogP contribution is 2.37. The lowest BCUT2D eigenvalue weighted by Crippen LogP contribution is -2.46. The molecule has 0 radical (unpaired) electrons. The summed E-state index contributed by atoms with van der Waals surface area (Å²) >= 11 is 3.39. The van der Waals surface area contributed by atoms with Crippen LogP contribution in [0.2, 0.25) is 0 Å². The van der Waals surface area contributed by atoms with Gasteiger partial charge in [0.25, 0.3) is 5.91 Å². The fourth-order valence-electron chi connectivity index (χ4n) is 3.66. The number of amides is 3. The summed E-state index contributed by atoms with van der Waals surface area (Å²) in [5.41, 5.74) is 1.46. The van der Waals surface area contributed by atoms with E-state index in [9.17, 15) is 14.4 Å². The Bertz CT molecular complexity index is 734. The molecule has 27 heavy (non-hydrogen) atoms. The minimum Gasteiger partial charge on any atom is -0.347 e. The van der Waals surface area contributed by atoms with Gasteiger partial charge in [0.05, 0.1) is 0 Å². The van der Waals surface area contributed by atoms with Crippen LogP contribution in [0.15, 0.2) is 22.7 Å². The zero-order valence-corrected chi connectivity index (χ0v) is 17.0. The summed E-state index contributed by atoms with van der Waals surface area (Å²) in [4.78, 5) is 41.0. The number of halogens is 1. The van der Waals surface area contributed by atoms with E-state index in [0.717, 1.165) is 29.8 Å². The standard InChI is InChI=1S/C19H25BrN4O3/c1-2-24-15-7-6-13(20)12-14(15)16(19(24)27)22-18(26)17(25)21-8-11-23-9-4-3-5-10-23/h6-7,12,16H,2-5,8-11H2,1H3,(H,21,25)(H,22,26). The van der Waals surface area contributed by atoms with Crippen molar-refractivity contribution >= 4 is 39.3 Å². The van der Waals surface area contributed by atoms with E-state index in [0.29, 0.717) is 18.7 Å². The van der Waals surface area contributed by atoms with E-state index in [4.69, 9.17) is 0 Å². The van der Waals surface area contributed by atoms with Crippen molar-refractivity contribution in [3.8, 4) is 0 Å². The molecular weight excluding hydrogens is 412 g/mol. The fourth-order valence-corrected chi connectivity index (χ4v) is 4.04. The molecule has 2 aliphatic rings. The maximum absolute atomic E-state index is 12.6. The van der Waals surface area contributed by atoms with Crippen LogP contribution in [0.25, 0.3) is 0 Å². The summed E-state index contributed by atoms with van der Waals surface area (Å²) in [5, 5.41) is 5.24. The van der Waals surface area contributed by atoms with Gasteiger partial charge in [0.1, 0.15) is 6.04 Å². The third-order valence-electron chi connectivity index (χ3n) is 5.06. The molecule has 1 aromatic rings. The summed E-state index contributed by atoms with van der Waals surface area (Å²) in [7, 11) is 0. The van der Waals surface area contributed by atoms with Crippen molar-refractivity contribution in [2.75, 3.05) is 37.6 Å². The van der Waals surface area contributed by atoms with Gasteiger partial charge in [-0.2, -0.15) is 0 Å². The van der Waals surface area contributed by atoms with Gasteiger partial charge in [-0.1, -0.05) is 22.4 Å². The number of nitrogens with one attached hydrogen (secondary N) is 2. The quantitative estimate of drug-likeness (QED) is 0.686. The summed E-state index contributed by atoms with van der Waals surface area (Å²) in [6.45, 7) is 5.62. The first-order chi connectivity index (χ1) is 13.0. The van der Waals surface area contributed by atoms with Crippen LogP contribution < -0.4 is 15.5 Å². The van der Waals surface area contributed by atoms with E-state index < -0.39 is 17.9 Å². The first-order valence-corrected chi connectivity index (χ1v) is 10.2. The Labute approximate surface area is 167 Å². The number of likely N-dealkylation sites (N-methyl/N-ethyl adjacent to an activating group) is 1. The molecule has 7 nitrogen and oxygen atoms in total. The number of hydrogen-bond acceptors (Lipinski definition) is 4. The van der Waals surface area contributed by atoms with Gasteiger partial charge in [0, 0.05) is 35.4 Å². The molecule has 1 unspecified atom stereocenters. The zero-order chi connectivity index (χ0) is 19.4. The van der Waals surface area contributed by atoms with Gasteiger partial charge in [0.15, 0.2) is 0 Å². The van der Waals surface area contributed by atoms with Crippen LogP contribution in [-0.2, 0) is 14.4 Å². The van der Waals surface area contributed by atoms with E-state index in [1.54, 1.807) is 4.90 Å². The minimum absolute atomic E-state index is 0.222. The molecule has 146 valence electrons. The number of nitrogens with zero attached hydrogens (tertiary/aromatic N) is 2. The molecule has 1 saturated heterocycles. The lowest BCUT2D eigenvalue weighted by Gasteiger charge is -2.26. The zero-order valence-electron chi connectivity index (χ0n) is 15.5. The number of likely N-dealkylation sites (tertiary alicyclic amines) is 1. The molecule has 0 bridgehead atoms. The molecule has 3 amide bonds. The van der Waals surface area contributed by atoms with Crippen LogP contribution in [0, 0.1) is 0 Å². The first kappa shape index (κ1) is 19.8. The Morgan fingerprint density at radius 1 is 1.19 bits per heavy atom. The first-order valence-electron chi connectivity index (χ1n) is 9.43. The topological polar surface area (TPSA) is 81.8 Å². The molecule has 1 atom stereocenters. The number of fused-ring (bicyclic) bond motifs is 1. The van der Waals surface area contributed by atoms with Crippen molar-refractivity contribution < 1.29 is 14.4 Å². The Morgan fingerprint density at radius 2 is 1.93 bits per heavy atom. The van der Waals surface area contributed by atoms with E-state index in [1.165, 1.54) is 19.3 Å². The van der Waals surface area contributed by atoms with E-state index in [-0.39, 0.29) is 5.91 Å². The average molecular weight is 437 g/mol. The maximum Gasteiger partial charge on any atom is 0.310 e. The van der Waals surface area contributed by atoms with Gasteiger partial charge in [-0.15, -0.1) is 0 Å². The highest BCUT2D eigenvalue weighted by Gasteiger charge is 2.38. The van der Waals surface area contributed by atoms with Gasteiger partial charge >= 0.3 is 11.8 Å². The van der Waals surface area contributed by atoms with Gasteiger partial charge in [0.2, 0.25) is 0 Å². The van der Waals surface area contributed by atoms with Crippen LogP contribution in [0.3, 0.4) is 0 Å². The van der Waals surface area contributed by atoms with Crippen molar-refractivity contribution in [1.29, 1.82) is 0 Å². The number of anilines is 1. The van der Waals surface area contributed by atoms with Gasteiger partial charge < -0.3 is 20.4 Å². The Kier molecular flexibility index (Phi) is 6.49. The molecule has 3 rings (SSSR count). The van der Waals surface area contributed by atoms with Crippen molar-refractivity contribution in [2.45, 2.75) is 32.2 Å². The largest absolute Gasteiger partial charge is 0.347 e. The molecule has 0 saturated carbocycles. The number of carbonyl (C=O) groups excluding carboxylic acids is 3. The smallest absolute Gasteiger partial charge is 0.310 e. The minimum atomic E-state index is -0.835. The number of benzene rings is 1. The molecule has 2 N–H and O–H groups in total. The van der Waals surface area contributed by atoms with Crippen molar-refractivity contribution in [3.63, 3.8) is 0 Å². The predicted molar refractivity (Wildman–Crippen MR) is 106 cm³/mol. The molecule has 0 aromatic heterocycles. The van der Waals surface area contributed by atoms with Crippen LogP contribution >= 0.6 is 15.9 Å². The lowest BCUT2D eigenvalue weighted by atomic mass is 10.1. The van der Waals surface area contributed by atoms with Crippen molar-refractivity contribution in [1.82, 2.24) is 15.5 Å². The second kappa shape index (κ2) is 8.84. The molecular formula is C19H25BrN4O3. The SMILES string of the molecule is CCN1C(=O)C(NC(=O)C(=O)NCCN2CCCCC2)c2cc(Br)ccc21.